The zero-order valence-electron chi connectivity index (χ0n) is 44.6. The first-order valence-electron chi connectivity index (χ1n) is 24.6. The molecule has 2 atom stereocenters. The predicted molar refractivity (Wildman–Crippen MR) is 279 cm³/mol. The number of carbonyl (C=O) groups excluding carboxylic acids is 3. The van der Waals surface area contributed by atoms with Gasteiger partial charge in [0, 0.05) is 54.2 Å². The smallest absolute Gasteiger partial charge is 0.472 e. The van der Waals surface area contributed by atoms with Crippen molar-refractivity contribution in [2.45, 2.75) is 101 Å². The van der Waals surface area contributed by atoms with Crippen LogP contribution >= 0.6 is 19.4 Å². The van der Waals surface area contributed by atoms with Crippen LogP contribution < -0.4 is 9.62 Å². The van der Waals surface area contributed by atoms with E-state index in [0.717, 1.165) is 30.5 Å². The summed E-state index contributed by atoms with van der Waals surface area (Å²) in [6, 6.07) is 4.58. The molecule has 0 unspecified atom stereocenters. The topological polar surface area (TPSA) is 300 Å². The molecular weight excluding hydrogens is 1250 g/mol. The van der Waals surface area contributed by atoms with Crippen molar-refractivity contribution in [3.05, 3.63) is 93.0 Å². The number of rotatable bonds is 24. The Hall–Kier alpha value is -6.89. The van der Waals surface area contributed by atoms with Crippen molar-refractivity contribution in [3.8, 4) is 23.5 Å². The summed E-state index contributed by atoms with van der Waals surface area (Å²) in [5.74, 6) is -12.4. The summed E-state index contributed by atoms with van der Waals surface area (Å²) in [5, 5.41) is 17.6. The summed E-state index contributed by atoms with van der Waals surface area (Å²) in [7, 11) is -14.0. The van der Waals surface area contributed by atoms with E-state index in [1.165, 1.54) is 26.0 Å². The van der Waals surface area contributed by atoms with E-state index in [-0.39, 0.29) is 43.3 Å². The van der Waals surface area contributed by atoms with Gasteiger partial charge in [-0.3, -0.25) is 28.7 Å². The van der Waals surface area contributed by atoms with Crippen molar-refractivity contribution in [1.29, 1.82) is 0 Å². The maximum atomic E-state index is 15.8. The van der Waals surface area contributed by atoms with Gasteiger partial charge in [0.1, 0.15) is 30.4 Å². The number of ether oxygens (including phenoxy) is 1. The lowest BCUT2D eigenvalue weighted by atomic mass is 9.93. The summed E-state index contributed by atoms with van der Waals surface area (Å²) in [4.78, 5) is 75.7. The van der Waals surface area contributed by atoms with Crippen molar-refractivity contribution in [1.82, 2.24) is 34.8 Å². The molecule has 464 valence electrons. The van der Waals surface area contributed by atoms with Crippen LogP contribution in [0.4, 0.5) is 54.5 Å². The quantitative estimate of drug-likeness (QED) is 0.0200. The Morgan fingerprint density at radius 2 is 1.59 bits per heavy atom. The zero-order chi connectivity index (χ0) is 63.7. The predicted octanol–water partition coefficient (Wildman–Crippen LogP) is 7.61. The molecule has 3 aromatic heterocycles. The fourth-order valence-corrected chi connectivity index (χ4v) is 10.8. The number of anilines is 1. The number of hydrogen-bond acceptors (Lipinski definition) is 14. The van der Waals surface area contributed by atoms with Gasteiger partial charge in [0.25, 0.3) is 0 Å². The van der Waals surface area contributed by atoms with Gasteiger partial charge in [0.2, 0.25) is 28.6 Å². The Balaban J connectivity index is 1.55. The number of fused-ring (bicyclic) bond motifs is 2. The molecule has 85 heavy (non-hydrogen) atoms. The minimum atomic E-state index is -5.35. The van der Waals surface area contributed by atoms with Crippen LogP contribution in [-0.4, -0.2) is 128 Å². The molecule has 6 rings (SSSR count). The van der Waals surface area contributed by atoms with Crippen LogP contribution in [0.3, 0.4) is 0 Å². The molecule has 2 aromatic carbocycles. The van der Waals surface area contributed by atoms with Gasteiger partial charge in [-0.25, -0.2) is 39.5 Å². The molecule has 0 spiro atoms. The lowest BCUT2D eigenvalue weighted by Gasteiger charge is -2.25. The monoisotopic (exact) mass is 1290 g/mol. The molecule has 0 saturated carbocycles. The first-order chi connectivity index (χ1) is 39.0. The number of sulfone groups is 1. The molecule has 1 aliphatic rings. The Morgan fingerprint density at radius 3 is 2.15 bits per heavy atom. The van der Waals surface area contributed by atoms with Crippen LogP contribution in [0.2, 0.25) is 5.02 Å². The number of halogens is 11. The number of amides is 3. The number of sulfonamides is 1. The third-order valence-electron chi connectivity index (χ3n) is 13.2. The molecule has 3 heterocycles. The highest BCUT2D eigenvalue weighted by Gasteiger charge is 2.55. The van der Waals surface area contributed by atoms with Gasteiger partial charge in [-0.2, -0.15) is 49.6 Å². The van der Waals surface area contributed by atoms with Crippen molar-refractivity contribution in [2.75, 3.05) is 36.7 Å². The maximum absolute atomic E-state index is 15.8. The molecule has 4 N–H and O–H groups in total. The molecule has 36 heteroatoms. The lowest BCUT2D eigenvalue weighted by molar-refractivity contribution is -0.143. The van der Waals surface area contributed by atoms with E-state index in [1.54, 1.807) is 5.92 Å². The Bertz CT molecular complexity index is 3740. The van der Waals surface area contributed by atoms with Crippen LogP contribution in [0.15, 0.2) is 42.5 Å². The fraction of sp³-hybridized carbons (Fsp3) is 0.449. The van der Waals surface area contributed by atoms with Crippen molar-refractivity contribution < 1.29 is 109 Å². The maximum Gasteiger partial charge on any atom is 0.472 e. The molecule has 5 aromatic rings. The number of carboxylic acid groups (broad SMARTS) is 1. The second-order valence-electron chi connectivity index (χ2n) is 20.0. The molecular formula is C49H50ClF10N8O14PS2. The van der Waals surface area contributed by atoms with E-state index in [0.29, 0.717) is 17.2 Å². The van der Waals surface area contributed by atoms with E-state index in [1.807, 2.05) is 0 Å². The molecule has 22 nitrogen and oxygen atoms in total. The number of nitrogens with one attached hydrogen (secondary N) is 1. The second kappa shape index (κ2) is 25.2. The van der Waals surface area contributed by atoms with Crippen molar-refractivity contribution in [2.24, 2.45) is 5.92 Å². The van der Waals surface area contributed by atoms with Crippen LogP contribution in [0.25, 0.3) is 22.0 Å². The summed E-state index contributed by atoms with van der Waals surface area (Å²) in [6.07, 6.45) is -9.84. The number of terminal acetylenes is 1. The highest BCUT2D eigenvalue weighted by molar-refractivity contribution is 7.93. The van der Waals surface area contributed by atoms with Gasteiger partial charge in [-0.05, 0) is 75.8 Å². The SMILES string of the molecule is C#C[C@@H]1Cc2c(C(F)(F)F)nn(CC(=O)N[C@@H](Cc3cc(F)cc(F)c3)c3nc(CCC(C)(C)S(C)(=O)=O)ccc3-c3ccc(Cl)c4c(N(C(=O)CCCN(CCC(=O)O)C(=O)OCOP(=O)(O)O)S(C)(=O)=O)nn(CC(F)(F)F)c34)c2C1(F)F. The standard InChI is InChI=1S/C49H50ClF10N8O14PS2/c1-6-27-21-33-42(49(58,59)60)63-66(43(33)48(27,56)57)23-36(69)62-35(20-26-18-28(51)22-29(52)19-26)40-31(10-9-30(61-40)13-15-46(2,3)84(4,77)78)32-11-12-34(50)39-41(32)67(24-47(53,54)55)64-44(39)68(85(5,79)80)37(70)8-7-16-65(17-14-38(71)72)45(73)81-25-82-83(74,75)76/h1,9-12,18-19,22,27,35H,7-8,13-17,20-21,23-25H2,2-5H3,(H,62,69)(H,71,72)(H2,74,75,76)/t27-,35+/m1/s1. The Kier molecular flexibility index (Phi) is 19.9. The summed E-state index contributed by atoms with van der Waals surface area (Å²) in [5.41, 5.74) is -6.50. The van der Waals surface area contributed by atoms with E-state index in [4.69, 9.17) is 27.8 Å². The van der Waals surface area contributed by atoms with Crippen LogP contribution in [0, 0.1) is 29.9 Å². The van der Waals surface area contributed by atoms with Crippen LogP contribution in [0.5, 0.6) is 0 Å². The van der Waals surface area contributed by atoms with Crippen molar-refractivity contribution >= 4 is 79.9 Å². The molecule has 0 fully saturated rings. The Morgan fingerprint density at radius 1 is 0.953 bits per heavy atom. The fourth-order valence-electron chi connectivity index (χ4n) is 9.04. The number of aryl methyl sites for hydroxylation is 1. The van der Waals surface area contributed by atoms with Gasteiger partial charge < -0.3 is 29.8 Å². The number of carboxylic acids is 1. The van der Waals surface area contributed by atoms with Crippen LogP contribution in [-0.2, 0) is 92.5 Å². The number of nitrogens with zero attached hydrogens (tertiary/aromatic N) is 7. The molecule has 3 amide bonds. The minimum Gasteiger partial charge on any atom is -0.481 e. The van der Waals surface area contributed by atoms with Crippen molar-refractivity contribution in [3.63, 3.8) is 0 Å². The zero-order valence-corrected chi connectivity index (χ0v) is 47.9. The molecule has 1 aliphatic carbocycles. The van der Waals surface area contributed by atoms with E-state index < -0.39 is 213 Å². The molecule has 0 radical (unpaired) electrons. The van der Waals surface area contributed by atoms with E-state index in [2.05, 4.69) is 29.8 Å². The van der Waals surface area contributed by atoms with Gasteiger partial charge in [-0.15, -0.1) is 6.42 Å². The number of hydrogen-bond donors (Lipinski definition) is 4. The largest absolute Gasteiger partial charge is 0.481 e. The number of aliphatic carboxylic acids is 1. The summed E-state index contributed by atoms with van der Waals surface area (Å²) in [6.45, 7) is -3.40. The van der Waals surface area contributed by atoms with Gasteiger partial charge in [-0.1, -0.05) is 29.7 Å². The van der Waals surface area contributed by atoms with E-state index >= 15 is 8.78 Å². The third kappa shape index (κ3) is 16.4. The number of pyridine rings is 1. The highest BCUT2D eigenvalue weighted by Crippen LogP contribution is 2.50. The minimum absolute atomic E-state index is 0.0346. The lowest BCUT2D eigenvalue weighted by Crippen LogP contribution is -2.38. The number of phosphoric ester groups is 1. The average Bonchev–Trinajstić information content (AvgIpc) is 1.65. The summed E-state index contributed by atoms with van der Waals surface area (Å²) < 4.78 is 220. The van der Waals surface area contributed by atoms with Gasteiger partial charge >= 0.3 is 38.2 Å². The highest BCUT2D eigenvalue weighted by atomic mass is 35.5. The summed E-state index contributed by atoms with van der Waals surface area (Å²) >= 11 is 6.69. The number of alkyl halides is 8. The number of aromatic nitrogens is 5. The Labute approximate surface area is 481 Å². The first kappa shape index (κ1) is 67.2. The van der Waals surface area contributed by atoms with Crippen LogP contribution in [0.1, 0.15) is 79.5 Å². The normalized spacial score (nSPS) is 15.1. The molecule has 0 bridgehead atoms. The van der Waals surface area contributed by atoms with Gasteiger partial charge in [0.15, 0.2) is 21.3 Å². The second-order valence-corrected chi connectivity index (χ2v) is 26.1. The average molecular weight is 1300 g/mol. The first-order valence-corrected chi connectivity index (χ1v) is 30.3. The number of benzene rings is 2. The third-order valence-corrected chi connectivity index (χ3v) is 17.3. The number of phosphoric acid groups is 1. The van der Waals surface area contributed by atoms with Gasteiger partial charge in [0.05, 0.1) is 51.0 Å². The van der Waals surface area contributed by atoms with E-state index in [9.17, 15) is 80.8 Å². The molecule has 0 saturated heterocycles. The molecule has 0 aliphatic heterocycles. The number of carbonyl (C=O) groups is 4.